The van der Waals surface area contributed by atoms with E-state index in [4.69, 9.17) is 9.15 Å². The number of nitriles is 1. The molecule has 0 N–H and O–H groups in total. The van der Waals surface area contributed by atoms with Crippen molar-refractivity contribution in [2.45, 2.75) is 6.54 Å². The number of methoxy groups -OCH3 is 1. The molecule has 35 heavy (non-hydrogen) atoms. The van der Waals surface area contributed by atoms with E-state index in [1.165, 1.54) is 0 Å². The van der Waals surface area contributed by atoms with Crippen molar-refractivity contribution in [1.82, 2.24) is 14.8 Å². The second-order valence-corrected chi connectivity index (χ2v) is 8.67. The van der Waals surface area contributed by atoms with Gasteiger partial charge in [-0.1, -0.05) is 24.3 Å². The van der Waals surface area contributed by atoms with Crippen molar-refractivity contribution in [2.75, 3.05) is 41.4 Å². The Hall–Kier alpha value is -3.99. The summed E-state index contributed by atoms with van der Waals surface area (Å²) in [5, 5.41) is 9.78. The summed E-state index contributed by atoms with van der Waals surface area (Å²) in [5.41, 5.74) is 6.22. The van der Waals surface area contributed by atoms with Crippen LogP contribution in [0.3, 0.4) is 0 Å². The molecule has 0 atom stereocenters. The summed E-state index contributed by atoms with van der Waals surface area (Å²) in [6.45, 7) is 2.09. The molecule has 0 aliphatic carbocycles. The molecule has 2 heterocycles. The molecule has 0 aliphatic rings. The maximum absolute atomic E-state index is 12.2. The van der Waals surface area contributed by atoms with Gasteiger partial charge in [0, 0.05) is 63.2 Å². The van der Waals surface area contributed by atoms with Gasteiger partial charge >= 0.3 is 0 Å². The molecule has 7 nitrogen and oxygen atoms in total. The number of hydrogen-bond acceptors (Lipinski definition) is 6. The van der Waals surface area contributed by atoms with Crippen molar-refractivity contribution in [3.05, 3.63) is 77.5 Å². The smallest absolute Gasteiger partial charge is 0.253 e. The molecule has 2 aromatic carbocycles. The molecular weight excluding hydrogens is 440 g/mol. The van der Waals surface area contributed by atoms with E-state index in [0.29, 0.717) is 35.6 Å². The quantitative estimate of drug-likeness (QED) is 0.369. The number of furan rings is 1. The van der Waals surface area contributed by atoms with Gasteiger partial charge in [0.15, 0.2) is 5.58 Å². The predicted molar refractivity (Wildman–Crippen MR) is 136 cm³/mol. The Morgan fingerprint density at radius 1 is 1.06 bits per heavy atom. The summed E-state index contributed by atoms with van der Waals surface area (Å²) >= 11 is 0. The van der Waals surface area contributed by atoms with Crippen molar-refractivity contribution < 1.29 is 13.9 Å². The van der Waals surface area contributed by atoms with Gasteiger partial charge in [0.05, 0.1) is 18.2 Å². The molecule has 0 aliphatic heterocycles. The highest BCUT2D eigenvalue weighted by atomic mass is 16.5. The highest BCUT2D eigenvalue weighted by Crippen LogP contribution is 2.34. The first kappa shape index (κ1) is 24.1. The van der Waals surface area contributed by atoms with E-state index in [0.717, 1.165) is 34.3 Å². The maximum atomic E-state index is 12.2. The van der Waals surface area contributed by atoms with E-state index < -0.39 is 0 Å². The number of fused-ring (bicyclic) bond motifs is 1. The fourth-order valence-corrected chi connectivity index (χ4v) is 3.95. The van der Waals surface area contributed by atoms with Gasteiger partial charge in [-0.15, -0.1) is 0 Å². The lowest BCUT2D eigenvalue weighted by Crippen LogP contribution is -2.22. The third-order valence-electron chi connectivity index (χ3n) is 5.89. The van der Waals surface area contributed by atoms with E-state index in [1.54, 1.807) is 44.4 Å². The number of hydrogen-bond donors (Lipinski definition) is 0. The van der Waals surface area contributed by atoms with Crippen LogP contribution in [0.4, 0.5) is 0 Å². The van der Waals surface area contributed by atoms with Crippen molar-refractivity contribution >= 4 is 17.0 Å². The van der Waals surface area contributed by atoms with Crippen LogP contribution in [-0.4, -0.2) is 62.1 Å². The Bertz CT molecular complexity index is 1380. The molecule has 2 aromatic heterocycles. The van der Waals surface area contributed by atoms with Crippen LogP contribution in [-0.2, 0) is 11.3 Å². The van der Waals surface area contributed by atoms with Gasteiger partial charge in [-0.25, -0.2) is 0 Å². The van der Waals surface area contributed by atoms with E-state index in [-0.39, 0.29) is 5.91 Å². The summed E-state index contributed by atoms with van der Waals surface area (Å²) in [6.07, 6.45) is 1.74. The number of likely N-dealkylation sites (N-methyl/N-ethyl adjacent to an activating group) is 1. The van der Waals surface area contributed by atoms with Gasteiger partial charge in [-0.2, -0.15) is 5.26 Å². The normalized spacial score (nSPS) is 11.1. The molecule has 178 valence electrons. The summed E-state index contributed by atoms with van der Waals surface area (Å²) < 4.78 is 11.4. The number of carbonyl (C=O) groups is 1. The van der Waals surface area contributed by atoms with E-state index >= 15 is 0 Å². The zero-order valence-electron chi connectivity index (χ0n) is 20.4. The topological polar surface area (TPSA) is 82.6 Å². The highest BCUT2D eigenvalue weighted by molar-refractivity contribution is 5.95. The van der Waals surface area contributed by atoms with Gasteiger partial charge in [0.1, 0.15) is 11.3 Å². The largest absolute Gasteiger partial charge is 0.454 e. The van der Waals surface area contributed by atoms with Crippen LogP contribution >= 0.6 is 0 Å². The molecular formula is C28H28N4O3. The predicted octanol–water partition coefficient (Wildman–Crippen LogP) is 4.81. The number of pyridine rings is 1. The van der Waals surface area contributed by atoms with Gasteiger partial charge in [0.25, 0.3) is 5.91 Å². The molecule has 0 unspecified atom stereocenters. The molecule has 7 heteroatoms. The Kier molecular flexibility index (Phi) is 7.25. The van der Waals surface area contributed by atoms with E-state index in [1.807, 2.05) is 49.5 Å². The summed E-state index contributed by atoms with van der Waals surface area (Å²) in [4.78, 5) is 20.3. The fourth-order valence-electron chi connectivity index (χ4n) is 3.95. The Balaban J connectivity index is 1.66. The number of aromatic nitrogens is 1. The third-order valence-corrected chi connectivity index (χ3v) is 5.89. The van der Waals surface area contributed by atoms with Crippen molar-refractivity contribution in [2.24, 2.45) is 0 Å². The van der Waals surface area contributed by atoms with Crippen LogP contribution in [0.15, 0.2) is 65.2 Å². The first-order chi connectivity index (χ1) is 16.9. The minimum atomic E-state index is -0.0493. The standard InChI is InChI=1S/C28H28N4O3/c1-31(2)28(33)20-7-5-19(6-8-20)26-16-25-27(35-26)24(11-12-30-25)21-9-10-22(23(15-21)17-29)18-32(3)13-14-34-4/h5-12,15-16H,13-14,18H2,1-4H3. The lowest BCUT2D eigenvalue weighted by molar-refractivity contribution is 0.0827. The molecule has 0 saturated heterocycles. The number of ether oxygens (including phenoxy) is 1. The molecule has 0 saturated carbocycles. The first-order valence-electron chi connectivity index (χ1n) is 11.3. The second-order valence-electron chi connectivity index (χ2n) is 8.67. The summed E-state index contributed by atoms with van der Waals surface area (Å²) in [7, 11) is 7.15. The zero-order valence-corrected chi connectivity index (χ0v) is 20.4. The van der Waals surface area contributed by atoms with Gasteiger partial charge < -0.3 is 14.1 Å². The van der Waals surface area contributed by atoms with Gasteiger partial charge in [-0.3, -0.25) is 14.7 Å². The number of benzene rings is 2. The van der Waals surface area contributed by atoms with Crippen LogP contribution in [0.2, 0.25) is 0 Å². The highest BCUT2D eigenvalue weighted by Gasteiger charge is 2.15. The Morgan fingerprint density at radius 3 is 2.49 bits per heavy atom. The maximum Gasteiger partial charge on any atom is 0.253 e. The van der Waals surface area contributed by atoms with Crippen LogP contribution in [0.5, 0.6) is 0 Å². The van der Waals surface area contributed by atoms with Gasteiger partial charge in [0.2, 0.25) is 0 Å². The van der Waals surface area contributed by atoms with Crippen molar-refractivity contribution in [1.29, 1.82) is 5.26 Å². The Morgan fingerprint density at radius 2 is 1.80 bits per heavy atom. The zero-order chi connectivity index (χ0) is 24.9. The minimum Gasteiger partial charge on any atom is -0.454 e. The van der Waals surface area contributed by atoms with Crippen LogP contribution < -0.4 is 0 Å². The van der Waals surface area contributed by atoms with Gasteiger partial charge in [-0.05, 0) is 42.4 Å². The number of carbonyl (C=O) groups excluding carboxylic acids is 1. The number of nitrogens with zero attached hydrogens (tertiary/aromatic N) is 4. The first-order valence-corrected chi connectivity index (χ1v) is 11.3. The van der Waals surface area contributed by atoms with Crippen LogP contribution in [0.25, 0.3) is 33.6 Å². The molecule has 4 aromatic rings. The molecule has 1 amide bonds. The molecule has 0 radical (unpaired) electrons. The average molecular weight is 469 g/mol. The van der Waals surface area contributed by atoms with Crippen LogP contribution in [0, 0.1) is 11.3 Å². The Labute approximate surface area is 205 Å². The van der Waals surface area contributed by atoms with Crippen LogP contribution in [0.1, 0.15) is 21.5 Å². The lowest BCUT2D eigenvalue weighted by Gasteiger charge is -2.17. The molecule has 0 spiro atoms. The molecule has 4 rings (SSSR count). The summed E-state index contributed by atoms with van der Waals surface area (Å²) in [5.74, 6) is 0.618. The third kappa shape index (κ3) is 5.24. The summed E-state index contributed by atoms with van der Waals surface area (Å²) in [6, 6.07) is 19.4. The second kappa shape index (κ2) is 10.5. The fraction of sp³-hybridized carbons (Fsp3) is 0.250. The monoisotopic (exact) mass is 468 g/mol. The minimum absolute atomic E-state index is 0.0493. The van der Waals surface area contributed by atoms with Crippen molar-refractivity contribution in [3.63, 3.8) is 0 Å². The van der Waals surface area contributed by atoms with E-state index in [2.05, 4.69) is 16.0 Å². The number of rotatable bonds is 8. The number of amides is 1. The lowest BCUT2D eigenvalue weighted by atomic mass is 9.99. The average Bonchev–Trinajstić information content (AvgIpc) is 3.32. The molecule has 0 fully saturated rings. The molecule has 0 bridgehead atoms. The van der Waals surface area contributed by atoms with E-state index in [9.17, 15) is 10.1 Å². The van der Waals surface area contributed by atoms with Crippen molar-refractivity contribution in [3.8, 4) is 28.5 Å². The SMILES string of the molecule is COCCN(C)Cc1ccc(-c2ccnc3cc(-c4ccc(C(=O)N(C)C)cc4)oc23)cc1C#N.